The van der Waals surface area contributed by atoms with Gasteiger partial charge in [0.15, 0.2) is 11.6 Å². The number of aliphatic hydroxyl groups is 1. The topological polar surface area (TPSA) is 100 Å². The highest BCUT2D eigenvalue weighted by Crippen LogP contribution is 2.34. The SMILES string of the molecule is [2H]C([2H])([2H])OC1CCC(N2C(=O)CNc3ncc(-c4ccc(C(C)(C)O)nc4)nc32)CC1. The van der Waals surface area contributed by atoms with Crippen LogP contribution in [0.15, 0.2) is 24.5 Å². The Balaban J connectivity index is 1.57. The number of aromatic nitrogens is 3. The second-order valence-electron chi connectivity index (χ2n) is 8.08. The zero-order valence-corrected chi connectivity index (χ0v) is 16.6. The molecule has 1 saturated carbocycles. The summed E-state index contributed by atoms with van der Waals surface area (Å²) in [5, 5.41) is 13.1. The number of hydrogen-bond acceptors (Lipinski definition) is 7. The van der Waals surface area contributed by atoms with E-state index in [1.165, 1.54) is 0 Å². The number of fused-ring (bicyclic) bond motifs is 1. The molecule has 1 aliphatic carbocycles. The molecule has 0 bridgehead atoms. The molecule has 1 amide bonds. The number of methoxy groups -OCH3 is 1. The summed E-state index contributed by atoms with van der Waals surface area (Å²) in [6.07, 6.45) is 5.29. The molecule has 3 heterocycles. The van der Waals surface area contributed by atoms with Gasteiger partial charge in [0.1, 0.15) is 5.60 Å². The summed E-state index contributed by atoms with van der Waals surface area (Å²) in [5.41, 5.74) is 0.789. The summed E-state index contributed by atoms with van der Waals surface area (Å²) in [6.45, 7) is 3.47. The van der Waals surface area contributed by atoms with Gasteiger partial charge in [0, 0.05) is 24.8 Å². The molecule has 2 aromatic rings. The molecule has 8 nitrogen and oxygen atoms in total. The van der Waals surface area contributed by atoms with E-state index in [2.05, 4.69) is 15.3 Å². The van der Waals surface area contributed by atoms with E-state index in [0.29, 0.717) is 48.7 Å². The van der Waals surface area contributed by atoms with Crippen molar-refractivity contribution in [2.75, 3.05) is 23.8 Å². The number of ether oxygens (including phenoxy) is 1. The lowest BCUT2D eigenvalue weighted by molar-refractivity contribution is -0.118. The first-order chi connectivity index (χ1) is 15.0. The quantitative estimate of drug-likeness (QED) is 0.813. The van der Waals surface area contributed by atoms with E-state index >= 15 is 0 Å². The van der Waals surface area contributed by atoms with Crippen LogP contribution in [0.5, 0.6) is 0 Å². The molecular weight excluding hydrogens is 370 g/mol. The molecule has 2 N–H and O–H groups in total. The summed E-state index contributed by atoms with van der Waals surface area (Å²) in [4.78, 5) is 28.0. The lowest BCUT2D eigenvalue weighted by atomic mass is 9.91. The van der Waals surface area contributed by atoms with Gasteiger partial charge < -0.3 is 15.2 Å². The lowest BCUT2D eigenvalue weighted by Crippen LogP contribution is -2.49. The molecule has 8 heteroatoms. The third kappa shape index (κ3) is 3.95. The minimum atomic E-state index is -2.41. The van der Waals surface area contributed by atoms with Crippen LogP contribution in [0.4, 0.5) is 11.6 Å². The van der Waals surface area contributed by atoms with Crippen molar-refractivity contribution in [1.29, 1.82) is 0 Å². The normalized spacial score (nSPS) is 24.2. The van der Waals surface area contributed by atoms with Crippen LogP contribution in [0, 0.1) is 0 Å². The van der Waals surface area contributed by atoms with Crippen LogP contribution < -0.4 is 10.2 Å². The maximum absolute atomic E-state index is 12.8. The van der Waals surface area contributed by atoms with Crippen LogP contribution in [0.1, 0.15) is 49.3 Å². The summed E-state index contributed by atoms with van der Waals surface area (Å²) in [7, 11) is -2.41. The van der Waals surface area contributed by atoms with E-state index in [4.69, 9.17) is 13.8 Å². The highest BCUT2D eigenvalue weighted by atomic mass is 16.5. The summed E-state index contributed by atoms with van der Waals surface area (Å²) >= 11 is 0. The number of carbonyl (C=O) groups is 1. The van der Waals surface area contributed by atoms with E-state index in [9.17, 15) is 9.90 Å². The zero-order chi connectivity index (χ0) is 23.1. The Morgan fingerprint density at radius 3 is 2.69 bits per heavy atom. The zero-order valence-electron chi connectivity index (χ0n) is 19.6. The van der Waals surface area contributed by atoms with Crippen molar-refractivity contribution in [1.82, 2.24) is 15.0 Å². The Bertz CT molecular complexity index is 984. The van der Waals surface area contributed by atoms with Crippen molar-refractivity contribution in [3.05, 3.63) is 30.2 Å². The molecule has 4 rings (SSSR count). The van der Waals surface area contributed by atoms with Gasteiger partial charge in [-0.05, 0) is 51.7 Å². The Morgan fingerprint density at radius 1 is 1.24 bits per heavy atom. The van der Waals surface area contributed by atoms with Gasteiger partial charge in [-0.3, -0.25) is 14.7 Å². The molecule has 2 aliphatic rings. The fourth-order valence-corrected chi connectivity index (χ4v) is 3.88. The number of nitrogens with zero attached hydrogens (tertiary/aromatic N) is 4. The highest BCUT2D eigenvalue weighted by molar-refractivity contribution is 6.01. The number of amides is 1. The number of nitrogens with one attached hydrogen (secondary N) is 1. The average Bonchev–Trinajstić information content (AvgIpc) is 2.72. The van der Waals surface area contributed by atoms with Gasteiger partial charge in [0.05, 0.1) is 34.3 Å². The average molecular weight is 400 g/mol. The van der Waals surface area contributed by atoms with Crippen molar-refractivity contribution < 1.29 is 18.8 Å². The molecule has 0 aromatic carbocycles. The van der Waals surface area contributed by atoms with Crippen molar-refractivity contribution >= 4 is 17.5 Å². The van der Waals surface area contributed by atoms with Crippen LogP contribution in [0.2, 0.25) is 0 Å². The molecule has 0 unspecified atom stereocenters. The summed E-state index contributed by atoms with van der Waals surface area (Å²) in [5.74, 6) is 0.903. The minimum absolute atomic E-state index is 0.0972. The molecule has 1 fully saturated rings. The maximum atomic E-state index is 12.8. The number of hydrogen-bond donors (Lipinski definition) is 2. The molecule has 29 heavy (non-hydrogen) atoms. The van der Waals surface area contributed by atoms with Gasteiger partial charge in [-0.2, -0.15) is 0 Å². The van der Waals surface area contributed by atoms with Gasteiger partial charge in [-0.1, -0.05) is 0 Å². The number of carbonyl (C=O) groups excluding carboxylic acids is 1. The Hall–Kier alpha value is -2.58. The van der Waals surface area contributed by atoms with Crippen LogP contribution in [-0.2, 0) is 15.1 Å². The van der Waals surface area contributed by atoms with Gasteiger partial charge in [0.2, 0.25) is 5.91 Å². The third-order valence-corrected chi connectivity index (χ3v) is 5.52. The first-order valence-electron chi connectivity index (χ1n) is 11.3. The molecule has 2 aromatic heterocycles. The first-order valence-corrected chi connectivity index (χ1v) is 9.81. The van der Waals surface area contributed by atoms with Crippen molar-refractivity contribution in [2.24, 2.45) is 0 Å². The summed E-state index contributed by atoms with van der Waals surface area (Å²) < 4.78 is 27.0. The largest absolute Gasteiger partial charge is 0.384 e. The van der Waals surface area contributed by atoms with Gasteiger partial charge in [-0.15, -0.1) is 0 Å². The Kier molecular flexibility index (Phi) is 4.30. The molecular formula is C21H27N5O3. The Morgan fingerprint density at radius 2 is 2.03 bits per heavy atom. The van der Waals surface area contributed by atoms with Crippen LogP contribution in [0.25, 0.3) is 11.3 Å². The lowest BCUT2D eigenvalue weighted by Gasteiger charge is -2.38. The second-order valence-corrected chi connectivity index (χ2v) is 8.08. The van der Waals surface area contributed by atoms with Crippen LogP contribution >= 0.6 is 0 Å². The minimum Gasteiger partial charge on any atom is -0.384 e. The Labute approximate surface area is 174 Å². The first kappa shape index (κ1) is 16.2. The second kappa shape index (κ2) is 7.68. The molecule has 0 radical (unpaired) electrons. The van der Waals surface area contributed by atoms with E-state index in [1.807, 2.05) is 6.07 Å². The maximum Gasteiger partial charge on any atom is 0.247 e. The van der Waals surface area contributed by atoms with Gasteiger partial charge in [0.25, 0.3) is 0 Å². The van der Waals surface area contributed by atoms with Crippen molar-refractivity contribution in [3.8, 4) is 11.3 Å². The predicted molar refractivity (Wildman–Crippen MR) is 110 cm³/mol. The molecule has 0 saturated heterocycles. The van der Waals surface area contributed by atoms with E-state index in [0.717, 1.165) is 5.56 Å². The third-order valence-electron chi connectivity index (χ3n) is 5.52. The van der Waals surface area contributed by atoms with E-state index in [-0.39, 0.29) is 24.6 Å². The number of anilines is 2. The van der Waals surface area contributed by atoms with E-state index < -0.39 is 12.6 Å². The highest BCUT2D eigenvalue weighted by Gasteiger charge is 2.35. The molecule has 1 aliphatic heterocycles. The molecule has 0 atom stereocenters. The van der Waals surface area contributed by atoms with Crippen LogP contribution in [-0.4, -0.2) is 51.7 Å². The van der Waals surface area contributed by atoms with Crippen molar-refractivity contribution in [3.63, 3.8) is 0 Å². The fourth-order valence-electron chi connectivity index (χ4n) is 3.88. The fraction of sp³-hybridized carbons (Fsp3) is 0.524. The summed E-state index contributed by atoms with van der Waals surface area (Å²) in [6, 6.07) is 3.46. The van der Waals surface area contributed by atoms with Gasteiger partial charge in [-0.25, -0.2) is 9.97 Å². The molecule has 154 valence electrons. The van der Waals surface area contributed by atoms with Crippen LogP contribution in [0.3, 0.4) is 0 Å². The molecule has 0 spiro atoms. The predicted octanol–water partition coefficient (Wildman–Crippen LogP) is 2.48. The standard InChI is InChI=1S/C21H27N5O3/c1-21(2,28)17-9-4-13(10-22-17)16-11-23-19-20(25-16)26(18(27)12-24-19)14-5-7-15(29-3)8-6-14/h4,9-11,14-15,28H,5-8,12H2,1-3H3,(H,23,24)/i3D3. The monoisotopic (exact) mass is 400 g/mol. The van der Waals surface area contributed by atoms with Crippen molar-refractivity contribution in [2.45, 2.75) is 57.3 Å². The number of pyridine rings is 1. The smallest absolute Gasteiger partial charge is 0.247 e. The van der Waals surface area contributed by atoms with Gasteiger partial charge >= 0.3 is 0 Å². The van der Waals surface area contributed by atoms with E-state index in [1.54, 1.807) is 37.2 Å². The number of rotatable bonds is 4.